The van der Waals surface area contributed by atoms with Gasteiger partial charge >= 0.3 is 5.97 Å². The van der Waals surface area contributed by atoms with Crippen molar-refractivity contribution in [3.63, 3.8) is 0 Å². The molecule has 20 heavy (non-hydrogen) atoms. The Balaban J connectivity index is 2.04. The minimum absolute atomic E-state index is 0.0898. The summed E-state index contributed by atoms with van der Waals surface area (Å²) in [4.78, 5) is 15.3. The number of nitrogens with one attached hydrogen (secondary N) is 1. The fraction of sp³-hybridized carbons (Fsp3) is 0.333. The molecule has 5 heteroatoms. The Kier molecular flexibility index (Phi) is 4.53. The first-order valence-corrected chi connectivity index (χ1v) is 6.52. The molecule has 0 saturated carbocycles. The normalized spacial score (nSPS) is 12.2. The summed E-state index contributed by atoms with van der Waals surface area (Å²) in [6.07, 6.45) is 3.72. The molecule has 0 aliphatic heterocycles. The molecular weight excluding hydrogens is 254 g/mol. The van der Waals surface area contributed by atoms with Crippen molar-refractivity contribution >= 4 is 5.97 Å². The molecule has 1 N–H and O–H groups in total. The molecule has 0 unspecified atom stereocenters. The highest BCUT2D eigenvalue weighted by Crippen LogP contribution is 2.16. The second kappa shape index (κ2) is 6.34. The Morgan fingerprint density at radius 3 is 2.65 bits per heavy atom. The zero-order chi connectivity index (χ0) is 14.5. The Labute approximate surface area is 118 Å². The number of rotatable bonds is 5. The molecule has 0 saturated heterocycles. The predicted molar refractivity (Wildman–Crippen MR) is 76.7 cm³/mol. The lowest BCUT2D eigenvalue weighted by Gasteiger charge is -2.14. The van der Waals surface area contributed by atoms with E-state index >= 15 is 0 Å². The fourth-order valence-electron chi connectivity index (χ4n) is 2.00. The zero-order valence-corrected chi connectivity index (χ0v) is 12.0. The molecule has 5 nitrogen and oxygen atoms in total. The van der Waals surface area contributed by atoms with Crippen LogP contribution in [0.4, 0.5) is 0 Å². The number of benzene rings is 1. The van der Waals surface area contributed by atoms with Gasteiger partial charge in [0.15, 0.2) is 0 Å². The average Bonchev–Trinajstić information content (AvgIpc) is 2.90. The van der Waals surface area contributed by atoms with Crippen LogP contribution < -0.4 is 5.32 Å². The SMILES string of the molecule is COC(=O)CN[C@@H](C)c1ccc(-n2ccnc2C)cc1. The van der Waals surface area contributed by atoms with Crippen LogP contribution in [0.1, 0.15) is 24.4 Å². The largest absolute Gasteiger partial charge is 0.468 e. The monoisotopic (exact) mass is 273 g/mol. The molecule has 0 aliphatic carbocycles. The molecule has 0 amide bonds. The molecule has 1 aromatic carbocycles. The van der Waals surface area contributed by atoms with Gasteiger partial charge in [0.1, 0.15) is 5.82 Å². The first-order valence-electron chi connectivity index (χ1n) is 6.52. The molecule has 0 radical (unpaired) electrons. The molecular formula is C15H19N3O2. The number of methoxy groups -OCH3 is 1. The van der Waals surface area contributed by atoms with Gasteiger partial charge in [0.05, 0.1) is 13.7 Å². The van der Waals surface area contributed by atoms with Crippen LogP contribution in [0.15, 0.2) is 36.7 Å². The van der Waals surface area contributed by atoms with Crippen LogP contribution >= 0.6 is 0 Å². The van der Waals surface area contributed by atoms with Gasteiger partial charge in [0.2, 0.25) is 0 Å². The summed E-state index contributed by atoms with van der Waals surface area (Å²) in [6, 6.07) is 8.26. The average molecular weight is 273 g/mol. The van der Waals surface area contributed by atoms with E-state index in [2.05, 4.69) is 15.0 Å². The molecule has 0 spiro atoms. The van der Waals surface area contributed by atoms with E-state index in [1.165, 1.54) is 7.11 Å². The number of ether oxygens (including phenoxy) is 1. The number of esters is 1. The lowest BCUT2D eigenvalue weighted by molar-refractivity contribution is -0.139. The molecule has 1 aromatic heterocycles. The second-order valence-corrected chi connectivity index (χ2v) is 4.61. The van der Waals surface area contributed by atoms with Gasteiger partial charge in [0.25, 0.3) is 0 Å². The van der Waals surface area contributed by atoms with E-state index in [0.29, 0.717) is 0 Å². The highest BCUT2D eigenvalue weighted by Gasteiger charge is 2.08. The summed E-state index contributed by atoms with van der Waals surface area (Å²) in [7, 11) is 1.39. The first kappa shape index (κ1) is 14.3. The maximum Gasteiger partial charge on any atom is 0.319 e. The molecule has 0 fully saturated rings. The summed E-state index contributed by atoms with van der Waals surface area (Å²) in [5.74, 6) is 0.692. The van der Waals surface area contributed by atoms with Crippen molar-refractivity contribution in [3.8, 4) is 5.69 Å². The lowest BCUT2D eigenvalue weighted by atomic mass is 10.1. The number of nitrogens with zero attached hydrogens (tertiary/aromatic N) is 2. The summed E-state index contributed by atoms with van der Waals surface area (Å²) in [5, 5.41) is 3.12. The van der Waals surface area contributed by atoms with E-state index < -0.39 is 0 Å². The third-order valence-electron chi connectivity index (χ3n) is 3.28. The van der Waals surface area contributed by atoms with Gasteiger partial charge in [-0.05, 0) is 31.5 Å². The third-order valence-corrected chi connectivity index (χ3v) is 3.28. The van der Waals surface area contributed by atoms with Gasteiger partial charge in [0, 0.05) is 24.1 Å². The Bertz CT molecular complexity index is 575. The van der Waals surface area contributed by atoms with Crippen LogP contribution in [0.2, 0.25) is 0 Å². The van der Waals surface area contributed by atoms with E-state index in [-0.39, 0.29) is 18.6 Å². The summed E-state index contributed by atoms with van der Waals surface area (Å²) in [5.41, 5.74) is 2.19. The van der Waals surface area contributed by atoms with E-state index in [1.807, 2.05) is 48.9 Å². The maximum absolute atomic E-state index is 11.1. The van der Waals surface area contributed by atoms with Crippen LogP contribution in [-0.2, 0) is 9.53 Å². The maximum atomic E-state index is 11.1. The number of aryl methyl sites for hydroxylation is 1. The predicted octanol–water partition coefficient (Wildman–Crippen LogP) is 2.00. The van der Waals surface area contributed by atoms with Gasteiger partial charge in [-0.2, -0.15) is 0 Å². The zero-order valence-electron chi connectivity index (χ0n) is 12.0. The van der Waals surface area contributed by atoms with Crippen molar-refractivity contribution in [2.75, 3.05) is 13.7 Å². The van der Waals surface area contributed by atoms with E-state index in [0.717, 1.165) is 17.1 Å². The Morgan fingerprint density at radius 1 is 1.40 bits per heavy atom. The molecule has 1 atom stereocenters. The smallest absolute Gasteiger partial charge is 0.319 e. The molecule has 2 rings (SSSR count). The topological polar surface area (TPSA) is 56.1 Å². The van der Waals surface area contributed by atoms with Gasteiger partial charge in [-0.1, -0.05) is 12.1 Å². The van der Waals surface area contributed by atoms with Crippen molar-refractivity contribution in [3.05, 3.63) is 48.0 Å². The number of aromatic nitrogens is 2. The molecule has 0 aliphatic rings. The Hall–Kier alpha value is -2.14. The number of hydrogen-bond donors (Lipinski definition) is 1. The lowest BCUT2D eigenvalue weighted by Crippen LogP contribution is -2.26. The second-order valence-electron chi connectivity index (χ2n) is 4.61. The molecule has 106 valence electrons. The fourth-order valence-corrected chi connectivity index (χ4v) is 2.00. The minimum Gasteiger partial charge on any atom is -0.468 e. The van der Waals surface area contributed by atoms with Crippen molar-refractivity contribution in [2.45, 2.75) is 19.9 Å². The van der Waals surface area contributed by atoms with Crippen LogP contribution in [0.3, 0.4) is 0 Å². The van der Waals surface area contributed by atoms with Crippen molar-refractivity contribution in [2.24, 2.45) is 0 Å². The van der Waals surface area contributed by atoms with Crippen LogP contribution in [0.5, 0.6) is 0 Å². The van der Waals surface area contributed by atoms with Crippen molar-refractivity contribution in [1.29, 1.82) is 0 Å². The van der Waals surface area contributed by atoms with Crippen molar-refractivity contribution < 1.29 is 9.53 Å². The third kappa shape index (κ3) is 3.24. The first-order chi connectivity index (χ1) is 9.61. The summed E-state index contributed by atoms with van der Waals surface area (Å²) >= 11 is 0. The van der Waals surface area contributed by atoms with Crippen LogP contribution in [0.25, 0.3) is 5.69 Å². The quantitative estimate of drug-likeness (QED) is 0.847. The minimum atomic E-state index is -0.262. The molecule has 2 aromatic rings. The standard InChI is InChI=1S/C15H19N3O2/c1-11(17-10-15(19)20-3)13-4-6-14(7-5-13)18-9-8-16-12(18)2/h4-9,11,17H,10H2,1-3H3/t11-/m0/s1. The summed E-state index contributed by atoms with van der Waals surface area (Å²) < 4.78 is 6.63. The molecule has 0 bridgehead atoms. The number of imidazole rings is 1. The van der Waals surface area contributed by atoms with E-state index in [9.17, 15) is 4.79 Å². The van der Waals surface area contributed by atoms with E-state index in [4.69, 9.17) is 0 Å². The van der Waals surface area contributed by atoms with Crippen molar-refractivity contribution in [1.82, 2.24) is 14.9 Å². The van der Waals surface area contributed by atoms with Crippen LogP contribution in [0, 0.1) is 6.92 Å². The van der Waals surface area contributed by atoms with Crippen LogP contribution in [-0.4, -0.2) is 29.2 Å². The highest BCUT2D eigenvalue weighted by molar-refractivity contribution is 5.71. The van der Waals surface area contributed by atoms with E-state index in [1.54, 1.807) is 6.20 Å². The number of carbonyl (C=O) groups is 1. The van der Waals surface area contributed by atoms with Gasteiger partial charge in [-0.15, -0.1) is 0 Å². The number of carbonyl (C=O) groups excluding carboxylic acids is 1. The molecule has 1 heterocycles. The Morgan fingerprint density at radius 2 is 2.10 bits per heavy atom. The van der Waals surface area contributed by atoms with Gasteiger partial charge in [-0.3, -0.25) is 4.79 Å². The van der Waals surface area contributed by atoms with Gasteiger partial charge in [-0.25, -0.2) is 4.98 Å². The highest BCUT2D eigenvalue weighted by atomic mass is 16.5. The number of hydrogen-bond acceptors (Lipinski definition) is 4. The van der Waals surface area contributed by atoms with Gasteiger partial charge < -0.3 is 14.6 Å². The summed E-state index contributed by atoms with van der Waals surface area (Å²) in [6.45, 7) is 4.19.